The summed E-state index contributed by atoms with van der Waals surface area (Å²) >= 11 is 0. The molecule has 0 aliphatic carbocycles. The molecular formula is C10H18N2O. The van der Waals surface area contributed by atoms with Crippen LogP contribution in [-0.4, -0.2) is 37.0 Å². The van der Waals surface area contributed by atoms with E-state index in [4.69, 9.17) is 0 Å². The molecule has 3 nitrogen and oxygen atoms in total. The van der Waals surface area contributed by atoms with E-state index in [-0.39, 0.29) is 0 Å². The summed E-state index contributed by atoms with van der Waals surface area (Å²) in [5, 5.41) is 3.43. The van der Waals surface area contributed by atoms with Crippen molar-refractivity contribution in [2.24, 2.45) is 11.8 Å². The second kappa shape index (κ2) is 3.66. The van der Waals surface area contributed by atoms with Gasteiger partial charge in [0.15, 0.2) is 0 Å². The molecule has 2 fully saturated rings. The van der Waals surface area contributed by atoms with Crippen LogP contribution in [0, 0.1) is 11.8 Å². The summed E-state index contributed by atoms with van der Waals surface area (Å²) < 4.78 is 0. The van der Waals surface area contributed by atoms with E-state index in [0.717, 1.165) is 26.2 Å². The zero-order valence-electron chi connectivity index (χ0n) is 8.25. The van der Waals surface area contributed by atoms with Gasteiger partial charge in [-0.3, -0.25) is 4.79 Å². The minimum Gasteiger partial charge on any atom is -0.342 e. The molecule has 0 aromatic carbocycles. The van der Waals surface area contributed by atoms with E-state index in [1.165, 1.54) is 6.42 Å². The summed E-state index contributed by atoms with van der Waals surface area (Å²) in [7, 11) is 0. The van der Waals surface area contributed by atoms with E-state index >= 15 is 0 Å². The Balaban J connectivity index is 1.97. The predicted molar refractivity (Wildman–Crippen MR) is 51.3 cm³/mol. The fourth-order valence-corrected chi connectivity index (χ4v) is 2.53. The Labute approximate surface area is 79.5 Å². The van der Waals surface area contributed by atoms with E-state index in [1.807, 2.05) is 6.92 Å². The van der Waals surface area contributed by atoms with Crippen molar-refractivity contribution in [3.05, 3.63) is 0 Å². The fraction of sp³-hybridized carbons (Fsp3) is 0.900. The predicted octanol–water partition coefficient (Wildman–Crippen LogP) is 0.464. The molecule has 0 saturated carbocycles. The van der Waals surface area contributed by atoms with Crippen LogP contribution in [0.2, 0.25) is 0 Å². The minimum absolute atomic E-state index is 0.330. The molecule has 2 bridgehead atoms. The first-order valence-corrected chi connectivity index (χ1v) is 5.28. The second-order valence-electron chi connectivity index (χ2n) is 4.28. The molecule has 0 radical (unpaired) electrons. The van der Waals surface area contributed by atoms with Gasteiger partial charge < -0.3 is 10.2 Å². The van der Waals surface area contributed by atoms with Crippen LogP contribution in [0.25, 0.3) is 0 Å². The lowest BCUT2D eigenvalue weighted by Gasteiger charge is -2.41. The van der Waals surface area contributed by atoms with Crippen LogP contribution in [0.3, 0.4) is 0 Å². The molecule has 2 heterocycles. The molecule has 0 spiro atoms. The summed E-state index contributed by atoms with van der Waals surface area (Å²) in [5.41, 5.74) is 0. The monoisotopic (exact) mass is 182 g/mol. The van der Waals surface area contributed by atoms with E-state index in [0.29, 0.717) is 24.2 Å². The largest absolute Gasteiger partial charge is 0.342 e. The maximum Gasteiger partial charge on any atom is 0.222 e. The number of nitrogens with zero attached hydrogens (tertiary/aromatic N) is 1. The van der Waals surface area contributed by atoms with Crippen molar-refractivity contribution < 1.29 is 4.79 Å². The lowest BCUT2D eigenvalue weighted by Crippen LogP contribution is -2.52. The molecule has 0 aromatic rings. The Hall–Kier alpha value is -0.570. The van der Waals surface area contributed by atoms with Gasteiger partial charge >= 0.3 is 0 Å². The highest BCUT2D eigenvalue weighted by molar-refractivity contribution is 5.75. The average Bonchev–Trinajstić information content (AvgIpc) is 2.16. The second-order valence-corrected chi connectivity index (χ2v) is 4.28. The Kier molecular flexibility index (Phi) is 2.54. The van der Waals surface area contributed by atoms with Gasteiger partial charge in [-0.15, -0.1) is 0 Å². The van der Waals surface area contributed by atoms with Gasteiger partial charge in [-0.05, 0) is 31.3 Å². The van der Waals surface area contributed by atoms with E-state index in [1.54, 1.807) is 0 Å². The maximum absolute atomic E-state index is 11.5. The molecule has 1 amide bonds. The van der Waals surface area contributed by atoms with E-state index < -0.39 is 0 Å². The molecule has 2 saturated heterocycles. The van der Waals surface area contributed by atoms with Crippen molar-refractivity contribution in [3.63, 3.8) is 0 Å². The number of fused-ring (bicyclic) bond motifs is 2. The Morgan fingerprint density at radius 1 is 1.38 bits per heavy atom. The zero-order valence-corrected chi connectivity index (χ0v) is 8.25. The molecule has 1 N–H and O–H groups in total. The van der Waals surface area contributed by atoms with Gasteiger partial charge in [-0.1, -0.05) is 6.92 Å². The van der Waals surface area contributed by atoms with Crippen LogP contribution in [0.15, 0.2) is 0 Å². The summed E-state index contributed by atoms with van der Waals surface area (Å²) in [6.07, 6.45) is 1.98. The van der Waals surface area contributed by atoms with Gasteiger partial charge in [-0.25, -0.2) is 0 Å². The standard InChI is InChI=1S/C10H18N2O/c1-2-10(13)12-6-8-3-9(7-12)5-11-4-8/h8-9,11H,2-7H2,1H3/t8-,9+. The molecule has 2 rings (SSSR count). The first kappa shape index (κ1) is 9.00. The Morgan fingerprint density at radius 3 is 2.54 bits per heavy atom. The topological polar surface area (TPSA) is 32.3 Å². The van der Waals surface area contributed by atoms with Crippen LogP contribution in [-0.2, 0) is 4.79 Å². The SMILES string of the molecule is CCC(=O)N1C[C@@H]2CNC[C@@H](C2)C1. The highest BCUT2D eigenvalue weighted by Crippen LogP contribution is 2.24. The van der Waals surface area contributed by atoms with Crippen LogP contribution in [0.5, 0.6) is 0 Å². The van der Waals surface area contributed by atoms with Crippen LogP contribution in [0.4, 0.5) is 0 Å². The summed E-state index contributed by atoms with van der Waals surface area (Å²) in [6, 6.07) is 0. The van der Waals surface area contributed by atoms with Crippen molar-refractivity contribution >= 4 is 5.91 Å². The third-order valence-corrected chi connectivity index (χ3v) is 3.15. The fourth-order valence-electron chi connectivity index (χ4n) is 2.53. The number of rotatable bonds is 1. The van der Waals surface area contributed by atoms with Gasteiger partial charge in [0.1, 0.15) is 0 Å². The number of nitrogens with one attached hydrogen (secondary N) is 1. The first-order valence-electron chi connectivity index (χ1n) is 5.28. The Bertz CT molecular complexity index is 193. The number of hydrogen-bond acceptors (Lipinski definition) is 2. The summed E-state index contributed by atoms with van der Waals surface area (Å²) in [6.45, 7) is 6.12. The average molecular weight is 182 g/mol. The highest BCUT2D eigenvalue weighted by atomic mass is 16.2. The van der Waals surface area contributed by atoms with Crippen molar-refractivity contribution in [2.75, 3.05) is 26.2 Å². The van der Waals surface area contributed by atoms with Crippen molar-refractivity contribution in [1.29, 1.82) is 0 Å². The number of hydrogen-bond donors (Lipinski definition) is 1. The van der Waals surface area contributed by atoms with Gasteiger partial charge in [0.05, 0.1) is 0 Å². The quantitative estimate of drug-likeness (QED) is 0.639. The Morgan fingerprint density at radius 2 is 2.00 bits per heavy atom. The van der Waals surface area contributed by atoms with Crippen molar-refractivity contribution in [3.8, 4) is 0 Å². The minimum atomic E-state index is 0.330. The summed E-state index contributed by atoms with van der Waals surface area (Å²) in [5.74, 6) is 1.75. The molecular weight excluding hydrogens is 164 g/mol. The number of piperidine rings is 2. The van der Waals surface area contributed by atoms with Gasteiger partial charge in [0, 0.05) is 19.5 Å². The smallest absolute Gasteiger partial charge is 0.222 e. The number of likely N-dealkylation sites (tertiary alicyclic amines) is 1. The summed E-state index contributed by atoms with van der Waals surface area (Å²) in [4.78, 5) is 13.6. The lowest BCUT2D eigenvalue weighted by molar-refractivity contribution is -0.134. The van der Waals surface area contributed by atoms with Crippen molar-refractivity contribution in [2.45, 2.75) is 19.8 Å². The first-order chi connectivity index (χ1) is 6.29. The molecule has 0 unspecified atom stereocenters. The zero-order chi connectivity index (χ0) is 9.26. The molecule has 2 aliphatic heterocycles. The highest BCUT2D eigenvalue weighted by Gasteiger charge is 2.31. The molecule has 3 heteroatoms. The van der Waals surface area contributed by atoms with Gasteiger partial charge in [0.25, 0.3) is 0 Å². The lowest BCUT2D eigenvalue weighted by atomic mass is 9.86. The number of amides is 1. The number of carbonyl (C=O) groups excluding carboxylic acids is 1. The third-order valence-electron chi connectivity index (χ3n) is 3.15. The van der Waals surface area contributed by atoms with Crippen LogP contribution in [0.1, 0.15) is 19.8 Å². The van der Waals surface area contributed by atoms with E-state index in [2.05, 4.69) is 10.2 Å². The van der Waals surface area contributed by atoms with Crippen LogP contribution >= 0.6 is 0 Å². The van der Waals surface area contributed by atoms with Gasteiger partial charge in [-0.2, -0.15) is 0 Å². The van der Waals surface area contributed by atoms with Crippen LogP contribution < -0.4 is 5.32 Å². The molecule has 0 aromatic heterocycles. The number of carbonyl (C=O) groups is 1. The molecule has 2 atom stereocenters. The third kappa shape index (κ3) is 1.85. The van der Waals surface area contributed by atoms with Crippen molar-refractivity contribution in [1.82, 2.24) is 10.2 Å². The molecule has 2 aliphatic rings. The van der Waals surface area contributed by atoms with E-state index in [9.17, 15) is 4.79 Å². The normalized spacial score (nSPS) is 33.2. The molecule has 13 heavy (non-hydrogen) atoms. The maximum atomic E-state index is 11.5. The van der Waals surface area contributed by atoms with Gasteiger partial charge in [0.2, 0.25) is 5.91 Å². The molecule has 74 valence electrons.